The lowest BCUT2D eigenvalue weighted by Crippen LogP contribution is -2.46. The average Bonchev–Trinajstić information content (AvgIpc) is 2.99. The Kier molecular flexibility index (Phi) is 3.76. The van der Waals surface area contributed by atoms with Gasteiger partial charge >= 0.3 is 5.97 Å². The highest BCUT2D eigenvalue weighted by atomic mass is 16.4. The summed E-state index contributed by atoms with van der Waals surface area (Å²) in [5.41, 5.74) is -0.181. The first-order valence-corrected chi connectivity index (χ1v) is 7.74. The number of hydrogen-bond acceptors (Lipinski definition) is 3. The summed E-state index contributed by atoms with van der Waals surface area (Å²) in [7, 11) is 0. The maximum atomic E-state index is 11.7. The monoisotopic (exact) mass is 289 g/mol. The summed E-state index contributed by atoms with van der Waals surface area (Å²) >= 11 is 0. The molecule has 0 radical (unpaired) electrons. The Bertz CT molecular complexity index is 514. The van der Waals surface area contributed by atoms with Gasteiger partial charge in [0.25, 0.3) is 0 Å². The van der Waals surface area contributed by atoms with Crippen molar-refractivity contribution in [2.24, 2.45) is 11.8 Å². The van der Waals surface area contributed by atoms with Gasteiger partial charge in [-0.3, -0.25) is 9.69 Å². The Morgan fingerprint density at radius 3 is 2.71 bits per heavy atom. The summed E-state index contributed by atoms with van der Waals surface area (Å²) in [6.45, 7) is 2.95. The van der Waals surface area contributed by atoms with Crippen molar-refractivity contribution >= 4 is 5.97 Å². The number of carboxylic acid groups (broad SMARTS) is 1. The molecule has 0 spiro atoms. The number of likely N-dealkylation sites (tertiary alicyclic amines) is 1. The molecule has 1 aliphatic heterocycles. The molecule has 3 rings (SSSR count). The van der Waals surface area contributed by atoms with Gasteiger partial charge in [0, 0.05) is 13.1 Å². The third-order valence-electron chi connectivity index (χ3n) is 5.15. The van der Waals surface area contributed by atoms with E-state index in [2.05, 4.69) is 0 Å². The van der Waals surface area contributed by atoms with Crippen molar-refractivity contribution in [1.29, 1.82) is 0 Å². The molecule has 0 bridgehead atoms. The molecule has 4 unspecified atom stereocenters. The SMILES string of the molecule is CC(O)(CN1CC2CCCC2C1C(=O)O)c1ccccc1. The van der Waals surface area contributed by atoms with Crippen LogP contribution in [0, 0.1) is 11.8 Å². The van der Waals surface area contributed by atoms with Crippen LogP contribution in [0.1, 0.15) is 31.7 Å². The van der Waals surface area contributed by atoms with Crippen LogP contribution in [0.4, 0.5) is 0 Å². The van der Waals surface area contributed by atoms with Crippen molar-refractivity contribution < 1.29 is 15.0 Å². The fraction of sp³-hybridized carbons (Fsp3) is 0.588. The molecular formula is C17H23NO3. The van der Waals surface area contributed by atoms with Crippen molar-refractivity contribution in [2.45, 2.75) is 37.8 Å². The smallest absolute Gasteiger partial charge is 0.321 e. The number of aliphatic carboxylic acids is 1. The Labute approximate surface area is 125 Å². The average molecular weight is 289 g/mol. The molecule has 4 atom stereocenters. The van der Waals surface area contributed by atoms with Crippen molar-refractivity contribution in [3.63, 3.8) is 0 Å². The van der Waals surface area contributed by atoms with Crippen LogP contribution in [0.25, 0.3) is 0 Å². The van der Waals surface area contributed by atoms with E-state index in [0.29, 0.717) is 12.5 Å². The summed E-state index contributed by atoms with van der Waals surface area (Å²) in [5, 5.41) is 20.3. The molecule has 0 aromatic heterocycles. The standard InChI is InChI=1S/C17H23NO3/c1-17(21,13-7-3-2-4-8-13)11-18-10-12-6-5-9-14(12)15(18)16(19)20/h2-4,7-8,12,14-15,21H,5-6,9-11H2,1H3,(H,19,20). The molecule has 21 heavy (non-hydrogen) atoms. The third-order valence-corrected chi connectivity index (χ3v) is 5.15. The molecule has 1 saturated heterocycles. The van der Waals surface area contributed by atoms with Crippen LogP contribution in [-0.4, -0.2) is 40.2 Å². The lowest BCUT2D eigenvalue weighted by Gasteiger charge is -2.32. The molecule has 0 amide bonds. The first-order chi connectivity index (χ1) is 9.99. The Morgan fingerprint density at radius 2 is 2.05 bits per heavy atom. The number of rotatable bonds is 4. The van der Waals surface area contributed by atoms with Crippen molar-refractivity contribution in [1.82, 2.24) is 4.90 Å². The zero-order chi connectivity index (χ0) is 15.0. The first-order valence-electron chi connectivity index (χ1n) is 7.74. The van der Waals surface area contributed by atoms with Crippen LogP contribution in [0.5, 0.6) is 0 Å². The minimum atomic E-state index is -1.02. The van der Waals surface area contributed by atoms with Crippen LogP contribution < -0.4 is 0 Å². The molecular weight excluding hydrogens is 266 g/mol. The van der Waals surface area contributed by atoms with Gasteiger partial charge in [-0.15, -0.1) is 0 Å². The molecule has 2 N–H and O–H groups in total. The lowest BCUT2D eigenvalue weighted by atomic mass is 9.93. The highest BCUT2D eigenvalue weighted by Crippen LogP contribution is 2.43. The molecule has 2 fully saturated rings. The number of benzene rings is 1. The molecule has 1 aliphatic carbocycles. The molecule has 1 aromatic carbocycles. The van der Waals surface area contributed by atoms with Gasteiger partial charge in [0.1, 0.15) is 6.04 Å². The zero-order valence-corrected chi connectivity index (χ0v) is 12.4. The number of nitrogens with zero attached hydrogens (tertiary/aromatic N) is 1. The van der Waals surface area contributed by atoms with Gasteiger partial charge in [-0.25, -0.2) is 0 Å². The van der Waals surface area contributed by atoms with E-state index in [4.69, 9.17) is 0 Å². The lowest BCUT2D eigenvalue weighted by molar-refractivity contribution is -0.144. The number of carboxylic acids is 1. The van der Waals surface area contributed by atoms with Gasteiger partial charge in [0.05, 0.1) is 5.60 Å². The first kappa shape index (κ1) is 14.5. The van der Waals surface area contributed by atoms with E-state index in [9.17, 15) is 15.0 Å². The summed E-state index contributed by atoms with van der Waals surface area (Å²) in [5.74, 6) is 0.00000777. The summed E-state index contributed by atoms with van der Waals surface area (Å²) < 4.78 is 0. The van der Waals surface area contributed by atoms with Crippen LogP contribution in [0.3, 0.4) is 0 Å². The second-order valence-corrected chi connectivity index (χ2v) is 6.71. The maximum absolute atomic E-state index is 11.7. The molecule has 114 valence electrons. The Hall–Kier alpha value is -1.39. The quantitative estimate of drug-likeness (QED) is 0.891. The summed E-state index contributed by atoms with van der Waals surface area (Å²) in [6, 6.07) is 9.07. The summed E-state index contributed by atoms with van der Waals surface area (Å²) in [6.07, 6.45) is 3.27. The highest BCUT2D eigenvalue weighted by molar-refractivity contribution is 5.74. The number of aliphatic hydroxyl groups is 1. The molecule has 2 aliphatic rings. The van der Waals surface area contributed by atoms with Crippen molar-refractivity contribution in [3.05, 3.63) is 35.9 Å². The van der Waals surface area contributed by atoms with E-state index in [1.54, 1.807) is 6.92 Å². The third kappa shape index (κ3) is 2.70. The number of fused-ring (bicyclic) bond motifs is 1. The van der Waals surface area contributed by atoms with Gasteiger partial charge in [0.15, 0.2) is 0 Å². The second kappa shape index (κ2) is 5.43. The molecule has 1 saturated carbocycles. The fourth-order valence-corrected chi connectivity index (χ4v) is 4.18. The van der Waals surface area contributed by atoms with E-state index in [0.717, 1.165) is 31.4 Å². The number of hydrogen-bond donors (Lipinski definition) is 2. The minimum Gasteiger partial charge on any atom is -0.480 e. The fourth-order valence-electron chi connectivity index (χ4n) is 4.18. The summed E-state index contributed by atoms with van der Waals surface area (Å²) in [4.78, 5) is 13.6. The predicted molar refractivity (Wildman–Crippen MR) is 79.8 cm³/mol. The molecule has 4 heteroatoms. The van der Waals surface area contributed by atoms with Gasteiger partial charge in [0.2, 0.25) is 0 Å². The van der Waals surface area contributed by atoms with Gasteiger partial charge in [-0.1, -0.05) is 36.8 Å². The van der Waals surface area contributed by atoms with E-state index in [1.165, 1.54) is 0 Å². The molecule has 1 heterocycles. The second-order valence-electron chi connectivity index (χ2n) is 6.71. The van der Waals surface area contributed by atoms with Crippen LogP contribution in [0.2, 0.25) is 0 Å². The number of β-amino-alcohol motifs (C(OH)–C–C–N with tert-alkyl or cyclic N) is 1. The number of carbonyl (C=O) groups is 1. The van der Waals surface area contributed by atoms with E-state index in [-0.39, 0.29) is 5.92 Å². The van der Waals surface area contributed by atoms with E-state index >= 15 is 0 Å². The van der Waals surface area contributed by atoms with Gasteiger partial charge in [-0.05, 0) is 37.2 Å². The Balaban J connectivity index is 1.79. The molecule has 1 aromatic rings. The maximum Gasteiger partial charge on any atom is 0.321 e. The van der Waals surface area contributed by atoms with Gasteiger partial charge in [-0.2, -0.15) is 0 Å². The van der Waals surface area contributed by atoms with Crippen LogP contribution in [0.15, 0.2) is 30.3 Å². The zero-order valence-electron chi connectivity index (χ0n) is 12.4. The predicted octanol–water partition coefficient (Wildman–Crippen LogP) is 2.08. The molecule has 4 nitrogen and oxygen atoms in total. The highest BCUT2D eigenvalue weighted by Gasteiger charge is 2.49. The Morgan fingerprint density at radius 1 is 1.33 bits per heavy atom. The largest absolute Gasteiger partial charge is 0.480 e. The topological polar surface area (TPSA) is 60.8 Å². The van der Waals surface area contributed by atoms with Crippen LogP contribution >= 0.6 is 0 Å². The van der Waals surface area contributed by atoms with Crippen molar-refractivity contribution in [2.75, 3.05) is 13.1 Å². The van der Waals surface area contributed by atoms with Gasteiger partial charge < -0.3 is 10.2 Å². The van der Waals surface area contributed by atoms with E-state index in [1.807, 2.05) is 35.2 Å². The normalized spacial score (nSPS) is 31.8. The van der Waals surface area contributed by atoms with E-state index < -0.39 is 17.6 Å². The van der Waals surface area contributed by atoms with Crippen molar-refractivity contribution in [3.8, 4) is 0 Å². The van der Waals surface area contributed by atoms with Crippen LogP contribution in [-0.2, 0) is 10.4 Å². The minimum absolute atomic E-state index is 0.258.